The Kier molecular flexibility index (Phi) is 5.08. The van der Waals surface area contributed by atoms with Crippen LogP contribution in [0.2, 0.25) is 0 Å². The zero-order valence-corrected chi connectivity index (χ0v) is 13.5. The van der Waals surface area contributed by atoms with E-state index in [0.717, 1.165) is 17.1 Å². The molecule has 0 saturated heterocycles. The molecule has 0 aromatic carbocycles. The highest BCUT2D eigenvalue weighted by atomic mass is 16.1. The Hall–Kier alpha value is -2.44. The molecule has 7 heteroatoms. The van der Waals surface area contributed by atoms with Gasteiger partial charge in [0.1, 0.15) is 5.82 Å². The van der Waals surface area contributed by atoms with Crippen molar-refractivity contribution in [3.8, 4) is 0 Å². The fourth-order valence-electron chi connectivity index (χ4n) is 2.19. The Morgan fingerprint density at radius 2 is 1.82 bits per heavy atom. The number of carbonyl (C=O) groups is 1. The molecule has 2 heterocycles. The predicted octanol–water partition coefficient (Wildman–Crippen LogP) is 1.97. The highest BCUT2D eigenvalue weighted by molar-refractivity contribution is 5.89. The maximum absolute atomic E-state index is 11.9. The van der Waals surface area contributed by atoms with E-state index in [-0.39, 0.29) is 5.91 Å². The number of hydrogen-bond acceptors (Lipinski definition) is 5. The number of anilines is 2. The number of aryl methyl sites for hydroxylation is 4. The van der Waals surface area contributed by atoms with Gasteiger partial charge in [-0.25, -0.2) is 9.97 Å². The largest absolute Gasteiger partial charge is 0.354 e. The van der Waals surface area contributed by atoms with Gasteiger partial charge >= 0.3 is 0 Å². The normalized spacial score (nSPS) is 10.5. The highest BCUT2D eigenvalue weighted by Gasteiger charge is 2.07. The van der Waals surface area contributed by atoms with Crippen molar-refractivity contribution in [2.24, 2.45) is 7.05 Å². The van der Waals surface area contributed by atoms with Crippen LogP contribution in [0.15, 0.2) is 12.1 Å². The monoisotopic (exact) mass is 302 g/mol. The second kappa shape index (κ2) is 7.02. The molecule has 22 heavy (non-hydrogen) atoms. The molecule has 2 N–H and O–H groups in total. The zero-order chi connectivity index (χ0) is 16.1. The van der Waals surface area contributed by atoms with Crippen LogP contribution in [0.4, 0.5) is 11.8 Å². The van der Waals surface area contributed by atoms with E-state index in [4.69, 9.17) is 0 Å². The van der Waals surface area contributed by atoms with Gasteiger partial charge in [-0.1, -0.05) is 0 Å². The molecule has 0 aliphatic heterocycles. The molecular formula is C15H22N6O. The summed E-state index contributed by atoms with van der Waals surface area (Å²) in [6.07, 6.45) is 1.14. The van der Waals surface area contributed by atoms with Crippen molar-refractivity contribution in [3.05, 3.63) is 29.2 Å². The van der Waals surface area contributed by atoms with Crippen molar-refractivity contribution in [3.63, 3.8) is 0 Å². The van der Waals surface area contributed by atoms with E-state index in [1.165, 1.54) is 0 Å². The van der Waals surface area contributed by atoms with Crippen molar-refractivity contribution < 1.29 is 4.79 Å². The number of nitrogens with one attached hydrogen (secondary N) is 2. The number of nitrogens with zero attached hydrogens (tertiary/aromatic N) is 4. The van der Waals surface area contributed by atoms with Gasteiger partial charge in [0.2, 0.25) is 11.9 Å². The summed E-state index contributed by atoms with van der Waals surface area (Å²) < 4.78 is 1.66. The Morgan fingerprint density at radius 1 is 1.14 bits per heavy atom. The van der Waals surface area contributed by atoms with Gasteiger partial charge in [0.05, 0.1) is 5.69 Å². The molecule has 0 unspecified atom stereocenters. The molecule has 0 bridgehead atoms. The minimum Gasteiger partial charge on any atom is -0.354 e. The van der Waals surface area contributed by atoms with E-state index in [9.17, 15) is 4.79 Å². The number of hydrogen-bond donors (Lipinski definition) is 2. The van der Waals surface area contributed by atoms with E-state index in [1.807, 2.05) is 40.0 Å². The van der Waals surface area contributed by atoms with Gasteiger partial charge in [0.25, 0.3) is 0 Å². The Balaban J connectivity index is 1.74. The molecule has 0 saturated carbocycles. The van der Waals surface area contributed by atoms with Crippen LogP contribution in [0.5, 0.6) is 0 Å². The van der Waals surface area contributed by atoms with Crippen LogP contribution in [0.1, 0.15) is 29.9 Å². The molecule has 2 rings (SSSR count). The lowest BCUT2D eigenvalue weighted by Gasteiger charge is -2.07. The quantitative estimate of drug-likeness (QED) is 0.797. The topological polar surface area (TPSA) is 84.7 Å². The molecule has 118 valence electrons. The van der Waals surface area contributed by atoms with Crippen LogP contribution in [-0.2, 0) is 11.8 Å². The molecule has 2 aromatic heterocycles. The van der Waals surface area contributed by atoms with Gasteiger partial charge in [0.15, 0.2) is 0 Å². The fraction of sp³-hybridized carbons (Fsp3) is 0.467. The van der Waals surface area contributed by atoms with Crippen LogP contribution in [0, 0.1) is 20.8 Å². The molecule has 0 aliphatic carbocycles. The molecule has 0 radical (unpaired) electrons. The summed E-state index contributed by atoms with van der Waals surface area (Å²) in [5.74, 6) is 1.31. The van der Waals surface area contributed by atoms with Crippen LogP contribution in [-0.4, -0.2) is 32.2 Å². The van der Waals surface area contributed by atoms with Crippen molar-refractivity contribution >= 4 is 17.7 Å². The lowest BCUT2D eigenvalue weighted by atomic mass is 10.3. The molecular weight excluding hydrogens is 280 g/mol. The van der Waals surface area contributed by atoms with E-state index in [1.54, 1.807) is 4.68 Å². The number of aromatic nitrogens is 4. The summed E-state index contributed by atoms with van der Waals surface area (Å²) in [7, 11) is 1.81. The summed E-state index contributed by atoms with van der Waals surface area (Å²) >= 11 is 0. The van der Waals surface area contributed by atoms with Crippen molar-refractivity contribution in [2.75, 3.05) is 17.2 Å². The van der Waals surface area contributed by atoms with E-state index in [2.05, 4.69) is 25.7 Å². The van der Waals surface area contributed by atoms with Crippen molar-refractivity contribution in [1.82, 2.24) is 19.7 Å². The zero-order valence-electron chi connectivity index (χ0n) is 13.5. The molecule has 1 amide bonds. The maximum atomic E-state index is 11.9. The first-order valence-electron chi connectivity index (χ1n) is 7.30. The molecule has 0 fully saturated rings. The van der Waals surface area contributed by atoms with Crippen LogP contribution in [0.25, 0.3) is 0 Å². The van der Waals surface area contributed by atoms with E-state index in [0.29, 0.717) is 31.2 Å². The Labute approximate surface area is 130 Å². The highest BCUT2D eigenvalue weighted by Crippen LogP contribution is 2.09. The van der Waals surface area contributed by atoms with Crippen LogP contribution in [0.3, 0.4) is 0 Å². The summed E-state index contributed by atoms with van der Waals surface area (Å²) in [4.78, 5) is 20.5. The van der Waals surface area contributed by atoms with Gasteiger partial charge in [0, 0.05) is 37.5 Å². The Morgan fingerprint density at radius 3 is 2.41 bits per heavy atom. The molecule has 2 aromatic rings. The molecule has 7 nitrogen and oxygen atoms in total. The predicted molar refractivity (Wildman–Crippen MR) is 85.8 cm³/mol. The minimum absolute atomic E-state index is 0.0221. The van der Waals surface area contributed by atoms with Crippen molar-refractivity contribution in [2.45, 2.75) is 33.6 Å². The summed E-state index contributed by atoms with van der Waals surface area (Å²) in [6.45, 7) is 6.41. The second-order valence-electron chi connectivity index (χ2n) is 5.35. The van der Waals surface area contributed by atoms with Gasteiger partial charge in [-0.3, -0.25) is 9.48 Å². The number of carbonyl (C=O) groups excluding carboxylic acids is 1. The molecule has 0 spiro atoms. The van der Waals surface area contributed by atoms with Gasteiger partial charge in [-0.2, -0.15) is 5.10 Å². The molecule has 0 aliphatic rings. The number of rotatable bonds is 6. The summed E-state index contributed by atoms with van der Waals surface area (Å²) in [5, 5.41) is 10.2. The van der Waals surface area contributed by atoms with Crippen molar-refractivity contribution in [1.29, 1.82) is 0 Å². The summed E-state index contributed by atoms with van der Waals surface area (Å²) in [5.41, 5.74) is 2.74. The van der Waals surface area contributed by atoms with E-state index >= 15 is 0 Å². The number of amides is 1. The smallest absolute Gasteiger partial charge is 0.225 e. The third kappa shape index (κ3) is 4.54. The SMILES string of the molecule is Cc1cc(C)nc(NCCCC(=O)Nc2cc(C)nn2C)n1. The lowest BCUT2D eigenvalue weighted by Crippen LogP contribution is -2.16. The third-order valence-electron chi connectivity index (χ3n) is 3.12. The first kappa shape index (κ1) is 15.9. The van der Waals surface area contributed by atoms with Crippen LogP contribution >= 0.6 is 0 Å². The van der Waals surface area contributed by atoms with E-state index < -0.39 is 0 Å². The first-order chi connectivity index (χ1) is 10.4. The summed E-state index contributed by atoms with van der Waals surface area (Å²) in [6, 6.07) is 3.77. The minimum atomic E-state index is -0.0221. The third-order valence-corrected chi connectivity index (χ3v) is 3.12. The first-order valence-corrected chi connectivity index (χ1v) is 7.30. The van der Waals surface area contributed by atoms with Gasteiger partial charge in [-0.15, -0.1) is 0 Å². The van der Waals surface area contributed by atoms with Crippen LogP contribution < -0.4 is 10.6 Å². The average molecular weight is 302 g/mol. The second-order valence-corrected chi connectivity index (χ2v) is 5.35. The lowest BCUT2D eigenvalue weighted by molar-refractivity contribution is -0.116. The van der Waals surface area contributed by atoms with Gasteiger partial charge in [-0.05, 0) is 33.3 Å². The average Bonchev–Trinajstić information content (AvgIpc) is 2.72. The maximum Gasteiger partial charge on any atom is 0.225 e. The van der Waals surface area contributed by atoms with Gasteiger partial charge < -0.3 is 10.6 Å². The standard InChI is InChI=1S/C15H22N6O/c1-10-8-11(2)18-15(17-10)16-7-5-6-14(22)19-13-9-12(3)20-21(13)4/h8-9H,5-7H2,1-4H3,(H,19,22)(H,16,17,18). The Bertz CT molecular complexity index is 644. The molecule has 0 atom stereocenters. The fourth-order valence-corrected chi connectivity index (χ4v) is 2.19.